The predicted octanol–water partition coefficient (Wildman–Crippen LogP) is 0.124. The van der Waals surface area contributed by atoms with Crippen LogP contribution in [0.15, 0.2) is 21.6 Å². The Morgan fingerprint density at radius 1 is 1.33 bits per heavy atom. The van der Waals surface area contributed by atoms with Gasteiger partial charge in [-0.3, -0.25) is 4.79 Å². The van der Waals surface area contributed by atoms with Gasteiger partial charge in [0.25, 0.3) is 10.0 Å². The Bertz CT molecular complexity index is 642. The van der Waals surface area contributed by atoms with Crippen molar-refractivity contribution >= 4 is 21.9 Å². The SMILES string of the molecule is CNC(=O)C1CCN(S(=O)(=O)c2ccc(C(=O)O)o2)CC1. The molecule has 1 aromatic rings. The van der Waals surface area contributed by atoms with Gasteiger partial charge in [-0.1, -0.05) is 0 Å². The van der Waals surface area contributed by atoms with Crippen molar-refractivity contribution in [3.8, 4) is 0 Å². The predicted molar refractivity (Wildman–Crippen MR) is 71.2 cm³/mol. The molecule has 0 aliphatic carbocycles. The number of aromatic carboxylic acids is 1. The number of carboxylic acid groups (broad SMARTS) is 1. The Morgan fingerprint density at radius 2 is 1.95 bits per heavy atom. The van der Waals surface area contributed by atoms with Crippen LogP contribution in [0.3, 0.4) is 0 Å². The summed E-state index contributed by atoms with van der Waals surface area (Å²) in [6, 6.07) is 2.23. The first kappa shape index (κ1) is 15.5. The number of sulfonamides is 1. The topological polar surface area (TPSA) is 117 Å². The lowest BCUT2D eigenvalue weighted by Gasteiger charge is -2.29. The molecule has 0 bridgehead atoms. The van der Waals surface area contributed by atoms with Crippen LogP contribution in [0.5, 0.6) is 0 Å². The minimum absolute atomic E-state index is 0.0989. The molecule has 1 amide bonds. The number of carbonyl (C=O) groups is 2. The molecule has 1 saturated heterocycles. The zero-order valence-corrected chi connectivity index (χ0v) is 12.2. The summed E-state index contributed by atoms with van der Waals surface area (Å²) in [5, 5.41) is 10.9. The average Bonchev–Trinajstić information content (AvgIpc) is 2.97. The molecule has 1 aromatic heterocycles. The van der Waals surface area contributed by atoms with E-state index in [0.717, 1.165) is 12.1 Å². The Hall–Kier alpha value is -1.87. The Balaban J connectivity index is 2.11. The lowest BCUT2D eigenvalue weighted by Crippen LogP contribution is -2.42. The fourth-order valence-electron chi connectivity index (χ4n) is 2.26. The van der Waals surface area contributed by atoms with Crippen LogP contribution in [0.1, 0.15) is 23.4 Å². The van der Waals surface area contributed by atoms with E-state index >= 15 is 0 Å². The van der Waals surface area contributed by atoms with Gasteiger partial charge in [0.1, 0.15) is 0 Å². The molecule has 8 nitrogen and oxygen atoms in total. The average molecular weight is 316 g/mol. The maximum atomic E-state index is 12.3. The number of carbonyl (C=O) groups excluding carboxylic acids is 1. The lowest BCUT2D eigenvalue weighted by molar-refractivity contribution is -0.125. The van der Waals surface area contributed by atoms with Crippen LogP contribution in [-0.2, 0) is 14.8 Å². The van der Waals surface area contributed by atoms with Gasteiger partial charge in [0.2, 0.25) is 16.8 Å². The lowest BCUT2D eigenvalue weighted by atomic mass is 9.97. The second kappa shape index (κ2) is 5.86. The van der Waals surface area contributed by atoms with Crippen LogP contribution in [-0.4, -0.2) is 49.8 Å². The van der Waals surface area contributed by atoms with E-state index in [1.807, 2.05) is 0 Å². The number of nitrogens with one attached hydrogen (secondary N) is 1. The Labute approximate surface area is 121 Å². The first-order valence-electron chi connectivity index (χ1n) is 6.41. The van der Waals surface area contributed by atoms with Gasteiger partial charge < -0.3 is 14.8 Å². The van der Waals surface area contributed by atoms with Gasteiger partial charge in [-0.25, -0.2) is 13.2 Å². The number of nitrogens with zero attached hydrogens (tertiary/aromatic N) is 1. The number of hydrogen-bond acceptors (Lipinski definition) is 5. The third-order valence-electron chi connectivity index (χ3n) is 3.46. The van der Waals surface area contributed by atoms with Crippen molar-refractivity contribution in [1.29, 1.82) is 0 Å². The van der Waals surface area contributed by atoms with E-state index in [1.54, 1.807) is 7.05 Å². The van der Waals surface area contributed by atoms with Crippen LogP contribution >= 0.6 is 0 Å². The summed E-state index contributed by atoms with van der Waals surface area (Å²) < 4.78 is 30.7. The quantitative estimate of drug-likeness (QED) is 0.815. The monoisotopic (exact) mass is 316 g/mol. The summed E-state index contributed by atoms with van der Waals surface area (Å²) in [7, 11) is -2.32. The van der Waals surface area contributed by atoms with Gasteiger partial charge in [-0.15, -0.1) is 0 Å². The highest BCUT2D eigenvalue weighted by molar-refractivity contribution is 7.89. The molecular formula is C12H16N2O6S. The van der Waals surface area contributed by atoms with Crippen LogP contribution < -0.4 is 5.32 Å². The standard InChI is InChI=1S/C12H16N2O6S/c1-13-11(15)8-4-6-14(7-5-8)21(18,19)10-3-2-9(20-10)12(16)17/h2-3,8H,4-7H2,1H3,(H,13,15)(H,16,17). The molecule has 1 aliphatic heterocycles. The minimum atomic E-state index is -3.86. The van der Waals surface area contributed by atoms with Crippen LogP contribution in [0.25, 0.3) is 0 Å². The largest absolute Gasteiger partial charge is 0.475 e. The maximum absolute atomic E-state index is 12.3. The molecule has 2 heterocycles. The van der Waals surface area contributed by atoms with Crippen LogP contribution in [0, 0.1) is 5.92 Å². The molecule has 9 heteroatoms. The van der Waals surface area contributed by atoms with E-state index in [-0.39, 0.29) is 24.9 Å². The third-order valence-corrected chi connectivity index (χ3v) is 5.23. The van der Waals surface area contributed by atoms with Gasteiger partial charge in [-0.05, 0) is 25.0 Å². The second-order valence-corrected chi connectivity index (χ2v) is 6.59. The Morgan fingerprint density at radius 3 is 2.43 bits per heavy atom. The second-order valence-electron chi connectivity index (χ2n) is 4.72. The van der Waals surface area contributed by atoms with Gasteiger partial charge >= 0.3 is 5.97 Å². The molecule has 2 rings (SSSR count). The van der Waals surface area contributed by atoms with Gasteiger partial charge in [0.05, 0.1) is 0 Å². The maximum Gasteiger partial charge on any atom is 0.371 e. The smallest absolute Gasteiger partial charge is 0.371 e. The summed E-state index contributed by atoms with van der Waals surface area (Å²) in [5.41, 5.74) is 0. The summed E-state index contributed by atoms with van der Waals surface area (Å²) in [4.78, 5) is 22.2. The molecule has 1 fully saturated rings. The molecule has 2 N–H and O–H groups in total. The van der Waals surface area contributed by atoms with E-state index in [4.69, 9.17) is 9.52 Å². The fraction of sp³-hybridized carbons (Fsp3) is 0.500. The van der Waals surface area contributed by atoms with Crippen molar-refractivity contribution in [1.82, 2.24) is 9.62 Å². The Kier molecular flexibility index (Phi) is 4.33. The van der Waals surface area contributed by atoms with Crippen molar-refractivity contribution < 1.29 is 27.5 Å². The van der Waals surface area contributed by atoms with Crippen molar-refractivity contribution in [2.45, 2.75) is 17.9 Å². The fourth-order valence-corrected chi connectivity index (χ4v) is 3.64. The van der Waals surface area contributed by atoms with E-state index in [9.17, 15) is 18.0 Å². The molecule has 0 aromatic carbocycles. The number of piperidine rings is 1. The highest BCUT2D eigenvalue weighted by atomic mass is 32.2. The van der Waals surface area contributed by atoms with Crippen LogP contribution in [0.4, 0.5) is 0 Å². The summed E-state index contributed by atoms with van der Waals surface area (Å²) >= 11 is 0. The normalized spacial score (nSPS) is 17.6. The molecule has 0 radical (unpaired) electrons. The zero-order chi connectivity index (χ0) is 15.6. The number of rotatable bonds is 4. The van der Waals surface area contributed by atoms with E-state index in [2.05, 4.69) is 5.32 Å². The summed E-state index contributed by atoms with van der Waals surface area (Å²) in [5.74, 6) is -2.05. The molecule has 0 saturated carbocycles. The minimum Gasteiger partial charge on any atom is -0.475 e. The first-order valence-corrected chi connectivity index (χ1v) is 7.85. The van der Waals surface area contributed by atoms with E-state index < -0.39 is 26.8 Å². The molecule has 0 unspecified atom stereocenters. The van der Waals surface area contributed by atoms with Gasteiger partial charge in [0.15, 0.2) is 0 Å². The summed E-state index contributed by atoms with van der Waals surface area (Å²) in [6.45, 7) is 0.396. The molecule has 0 atom stereocenters. The number of carboxylic acids is 1. The van der Waals surface area contributed by atoms with Crippen LogP contribution in [0.2, 0.25) is 0 Å². The summed E-state index contributed by atoms with van der Waals surface area (Å²) in [6.07, 6.45) is 0.844. The van der Waals surface area contributed by atoms with Gasteiger partial charge in [-0.2, -0.15) is 4.31 Å². The molecule has 116 valence electrons. The van der Waals surface area contributed by atoms with Crippen molar-refractivity contribution in [2.24, 2.45) is 5.92 Å². The third kappa shape index (κ3) is 3.08. The zero-order valence-electron chi connectivity index (χ0n) is 11.4. The highest BCUT2D eigenvalue weighted by Crippen LogP contribution is 2.25. The van der Waals surface area contributed by atoms with Crippen molar-refractivity contribution in [2.75, 3.05) is 20.1 Å². The van der Waals surface area contributed by atoms with Crippen molar-refractivity contribution in [3.05, 3.63) is 17.9 Å². The molecule has 21 heavy (non-hydrogen) atoms. The first-order chi connectivity index (χ1) is 9.86. The van der Waals surface area contributed by atoms with Gasteiger partial charge in [0, 0.05) is 26.1 Å². The van der Waals surface area contributed by atoms with E-state index in [1.165, 1.54) is 4.31 Å². The molecule has 1 aliphatic rings. The molecular weight excluding hydrogens is 300 g/mol. The number of hydrogen-bond donors (Lipinski definition) is 2. The number of amides is 1. The van der Waals surface area contributed by atoms with E-state index in [0.29, 0.717) is 12.8 Å². The highest BCUT2D eigenvalue weighted by Gasteiger charge is 2.33. The van der Waals surface area contributed by atoms with Crippen molar-refractivity contribution in [3.63, 3.8) is 0 Å². The molecule has 0 spiro atoms. The number of furan rings is 1.